The number of aryl methyl sites for hydroxylation is 1. The summed E-state index contributed by atoms with van der Waals surface area (Å²) < 4.78 is 67.1. The molecule has 1 aromatic heterocycles. The molecule has 1 aliphatic rings. The van der Waals surface area contributed by atoms with Gasteiger partial charge in [0.05, 0.1) is 43.5 Å². The molecule has 222 valence electrons. The van der Waals surface area contributed by atoms with Gasteiger partial charge in [0, 0.05) is 34.5 Å². The molecular formula is C31H24ClF4N3O4. The lowest BCUT2D eigenvalue weighted by atomic mass is 9.87. The summed E-state index contributed by atoms with van der Waals surface area (Å²) in [6.45, 7) is 1.81. The summed E-state index contributed by atoms with van der Waals surface area (Å²) in [4.78, 5) is 32.1. The molecule has 0 radical (unpaired) electrons. The number of primary amides is 1. The average molecular weight is 614 g/mol. The summed E-state index contributed by atoms with van der Waals surface area (Å²) in [5.41, 5.74) is 4.86. The average Bonchev–Trinajstić information content (AvgIpc) is 3.25. The quantitative estimate of drug-likeness (QED) is 0.184. The topological polar surface area (TPSA) is 94.8 Å². The van der Waals surface area contributed by atoms with Gasteiger partial charge in [-0.25, -0.2) is 9.37 Å². The SMILES string of the molecule is COc1ccc(CN2C(=O)c3c(Cl)ncc(-c4c(F)cc(C(F)(F)F)cc4C(N)=O)c3C2c2ccccc2C)c(OC)c1. The fraction of sp³-hybridized carbons (Fsp3) is 0.194. The third-order valence-electron chi connectivity index (χ3n) is 7.40. The molecule has 0 saturated carbocycles. The van der Waals surface area contributed by atoms with Crippen molar-refractivity contribution < 1.29 is 36.6 Å². The first-order chi connectivity index (χ1) is 20.4. The fourth-order valence-corrected chi connectivity index (χ4v) is 5.62. The second-order valence-electron chi connectivity index (χ2n) is 9.86. The summed E-state index contributed by atoms with van der Waals surface area (Å²) in [6, 6.07) is 12.1. The van der Waals surface area contributed by atoms with E-state index in [1.54, 1.807) is 36.4 Å². The molecule has 0 fully saturated rings. The minimum atomic E-state index is -4.95. The fourth-order valence-electron chi connectivity index (χ4n) is 5.39. The number of carbonyl (C=O) groups excluding carboxylic acids is 2. The van der Waals surface area contributed by atoms with E-state index < -0.39 is 46.5 Å². The number of fused-ring (bicyclic) bond motifs is 1. The van der Waals surface area contributed by atoms with E-state index in [9.17, 15) is 22.8 Å². The van der Waals surface area contributed by atoms with Crippen LogP contribution in [0, 0.1) is 12.7 Å². The maximum absolute atomic E-state index is 15.7. The third-order valence-corrected chi connectivity index (χ3v) is 7.69. The molecule has 7 nitrogen and oxygen atoms in total. The Labute approximate surface area is 248 Å². The van der Waals surface area contributed by atoms with Crippen LogP contribution in [0.5, 0.6) is 11.5 Å². The molecule has 4 aromatic rings. The van der Waals surface area contributed by atoms with Crippen LogP contribution in [0.15, 0.2) is 60.8 Å². The first kappa shape index (κ1) is 29.8. The molecule has 2 amide bonds. The number of hydrogen-bond acceptors (Lipinski definition) is 5. The molecule has 2 heterocycles. The van der Waals surface area contributed by atoms with E-state index in [2.05, 4.69) is 4.98 Å². The van der Waals surface area contributed by atoms with E-state index in [1.165, 1.54) is 19.1 Å². The normalized spacial score (nSPS) is 14.6. The molecule has 1 aliphatic heterocycles. The zero-order valence-corrected chi connectivity index (χ0v) is 23.8. The monoisotopic (exact) mass is 613 g/mol. The van der Waals surface area contributed by atoms with Crippen molar-refractivity contribution >= 4 is 23.4 Å². The molecule has 0 saturated heterocycles. The Morgan fingerprint density at radius 1 is 1.07 bits per heavy atom. The van der Waals surface area contributed by atoms with Crippen molar-refractivity contribution in [2.24, 2.45) is 5.73 Å². The maximum Gasteiger partial charge on any atom is 0.416 e. The first-order valence-corrected chi connectivity index (χ1v) is 13.2. The highest BCUT2D eigenvalue weighted by Gasteiger charge is 2.44. The van der Waals surface area contributed by atoms with E-state index in [-0.39, 0.29) is 34.5 Å². The van der Waals surface area contributed by atoms with Crippen LogP contribution in [0.3, 0.4) is 0 Å². The number of nitrogens with two attached hydrogens (primary N) is 1. The van der Waals surface area contributed by atoms with Gasteiger partial charge >= 0.3 is 6.18 Å². The summed E-state index contributed by atoms with van der Waals surface area (Å²) in [5.74, 6) is -2.26. The zero-order chi connectivity index (χ0) is 31.2. The molecule has 5 rings (SSSR count). The number of rotatable bonds is 7. The van der Waals surface area contributed by atoms with Crippen molar-refractivity contribution in [3.8, 4) is 22.6 Å². The smallest absolute Gasteiger partial charge is 0.416 e. The number of alkyl halides is 3. The third kappa shape index (κ3) is 5.25. The Morgan fingerprint density at radius 3 is 2.42 bits per heavy atom. The first-order valence-electron chi connectivity index (χ1n) is 12.8. The second-order valence-corrected chi connectivity index (χ2v) is 10.2. The highest BCUT2D eigenvalue weighted by Crippen LogP contribution is 2.49. The lowest BCUT2D eigenvalue weighted by Gasteiger charge is -2.29. The summed E-state index contributed by atoms with van der Waals surface area (Å²) in [5, 5.41) is -0.195. The van der Waals surface area contributed by atoms with Crippen LogP contribution in [0.25, 0.3) is 11.1 Å². The highest BCUT2D eigenvalue weighted by molar-refractivity contribution is 6.33. The Bertz CT molecular complexity index is 1780. The van der Waals surface area contributed by atoms with Crippen LogP contribution in [-0.4, -0.2) is 35.9 Å². The van der Waals surface area contributed by atoms with Gasteiger partial charge in [0.25, 0.3) is 5.91 Å². The van der Waals surface area contributed by atoms with Crippen LogP contribution in [0.2, 0.25) is 5.15 Å². The van der Waals surface area contributed by atoms with E-state index in [4.69, 9.17) is 26.8 Å². The summed E-state index contributed by atoms with van der Waals surface area (Å²) in [6.07, 6.45) is -3.81. The van der Waals surface area contributed by atoms with Gasteiger partial charge in [-0.3, -0.25) is 9.59 Å². The molecule has 0 spiro atoms. The Hall–Kier alpha value is -4.64. The van der Waals surface area contributed by atoms with E-state index in [1.807, 2.05) is 13.0 Å². The van der Waals surface area contributed by atoms with Gasteiger partial charge in [-0.15, -0.1) is 0 Å². The minimum absolute atomic E-state index is 0.00633. The lowest BCUT2D eigenvalue weighted by molar-refractivity contribution is -0.137. The van der Waals surface area contributed by atoms with E-state index in [0.29, 0.717) is 28.7 Å². The molecule has 0 bridgehead atoms. The summed E-state index contributed by atoms with van der Waals surface area (Å²) in [7, 11) is 2.97. The Morgan fingerprint density at radius 2 is 1.79 bits per heavy atom. The van der Waals surface area contributed by atoms with Crippen LogP contribution >= 0.6 is 11.6 Å². The molecular weight excluding hydrogens is 590 g/mol. The lowest BCUT2D eigenvalue weighted by Crippen LogP contribution is -2.29. The molecule has 12 heteroatoms. The van der Waals surface area contributed by atoms with Crippen molar-refractivity contribution in [1.29, 1.82) is 0 Å². The molecule has 2 N–H and O–H groups in total. The highest BCUT2D eigenvalue weighted by atomic mass is 35.5. The number of halogens is 5. The molecule has 1 unspecified atom stereocenters. The minimum Gasteiger partial charge on any atom is -0.497 e. The zero-order valence-electron chi connectivity index (χ0n) is 23.1. The Kier molecular flexibility index (Phi) is 7.78. The van der Waals surface area contributed by atoms with Crippen molar-refractivity contribution in [1.82, 2.24) is 9.88 Å². The van der Waals surface area contributed by atoms with Gasteiger partial charge < -0.3 is 20.1 Å². The van der Waals surface area contributed by atoms with Crippen molar-refractivity contribution in [2.75, 3.05) is 14.2 Å². The van der Waals surface area contributed by atoms with Crippen molar-refractivity contribution in [3.63, 3.8) is 0 Å². The number of carbonyl (C=O) groups is 2. The molecule has 43 heavy (non-hydrogen) atoms. The number of aromatic nitrogens is 1. The van der Waals surface area contributed by atoms with Gasteiger partial charge in [0.1, 0.15) is 22.5 Å². The number of nitrogens with zero attached hydrogens (tertiary/aromatic N) is 2. The van der Waals surface area contributed by atoms with E-state index >= 15 is 4.39 Å². The van der Waals surface area contributed by atoms with Crippen LogP contribution in [-0.2, 0) is 12.7 Å². The van der Waals surface area contributed by atoms with Gasteiger partial charge in [0.15, 0.2) is 0 Å². The Balaban J connectivity index is 1.80. The summed E-state index contributed by atoms with van der Waals surface area (Å²) >= 11 is 6.48. The number of hydrogen-bond donors (Lipinski definition) is 1. The van der Waals surface area contributed by atoms with Crippen molar-refractivity contribution in [3.05, 3.63) is 111 Å². The van der Waals surface area contributed by atoms with Crippen LogP contribution < -0.4 is 15.2 Å². The van der Waals surface area contributed by atoms with Crippen LogP contribution in [0.4, 0.5) is 17.6 Å². The second kappa shape index (κ2) is 11.2. The predicted molar refractivity (Wildman–Crippen MR) is 151 cm³/mol. The maximum atomic E-state index is 15.7. The number of methoxy groups -OCH3 is 2. The van der Waals surface area contributed by atoms with Gasteiger partial charge in [0.2, 0.25) is 5.91 Å². The van der Waals surface area contributed by atoms with E-state index in [0.717, 1.165) is 11.8 Å². The van der Waals surface area contributed by atoms with Crippen LogP contribution in [0.1, 0.15) is 54.6 Å². The number of ether oxygens (including phenoxy) is 2. The molecule has 3 aromatic carbocycles. The number of amides is 2. The molecule has 1 atom stereocenters. The van der Waals surface area contributed by atoms with Crippen molar-refractivity contribution in [2.45, 2.75) is 25.7 Å². The van der Waals surface area contributed by atoms with Gasteiger partial charge in [-0.2, -0.15) is 13.2 Å². The molecule has 0 aliphatic carbocycles. The number of benzene rings is 3. The number of pyridine rings is 1. The van der Waals surface area contributed by atoms with Gasteiger partial charge in [-0.05, 0) is 42.3 Å². The van der Waals surface area contributed by atoms with Gasteiger partial charge in [-0.1, -0.05) is 35.9 Å². The standard InChI is InChI=1S/C31H24ClF4N3O4/c1-15-6-4-5-7-19(15)27-25-21(24-20(29(37)40)10-17(11-22(24)33)31(34,35)36)13-38-28(32)26(25)30(41)39(27)14-16-8-9-18(42-2)12-23(16)43-3/h4-13,27H,14H2,1-3H3,(H2,37,40). The predicted octanol–water partition coefficient (Wildman–Crippen LogP) is 6.73. The largest absolute Gasteiger partial charge is 0.497 e.